The van der Waals surface area contributed by atoms with E-state index in [1.165, 1.54) is 15.6 Å². The Kier molecular flexibility index (Phi) is 6.98. The molecule has 0 spiro atoms. The third-order valence-corrected chi connectivity index (χ3v) is 3.30. The third-order valence-electron chi connectivity index (χ3n) is 2.28. The maximum atomic E-state index is 4.48. The molecule has 2 rings (SSSR count). The predicted octanol–water partition coefficient (Wildman–Crippen LogP) is 5.27. The lowest BCUT2D eigenvalue weighted by Gasteiger charge is -2.02. The summed E-state index contributed by atoms with van der Waals surface area (Å²) in [7, 11) is 0. The molecule has 2 aromatic rings. The zero-order valence-electron chi connectivity index (χ0n) is 11.5. The molecule has 0 saturated carbocycles. The van der Waals surface area contributed by atoms with Gasteiger partial charge in [-0.25, -0.2) is 0 Å². The molecule has 0 aliphatic carbocycles. The molecule has 0 bridgehead atoms. The quantitative estimate of drug-likeness (QED) is 0.608. The van der Waals surface area contributed by atoms with Crippen molar-refractivity contribution in [1.29, 1.82) is 0 Å². The fourth-order valence-electron chi connectivity index (χ4n) is 1.47. The van der Waals surface area contributed by atoms with Gasteiger partial charge in [0.1, 0.15) is 0 Å². The SMILES string of the molecule is CC.CC.Cc1nc(C)c2sccc2c1C. The topological polar surface area (TPSA) is 12.9 Å². The van der Waals surface area contributed by atoms with E-state index in [1.54, 1.807) is 11.3 Å². The molecule has 0 fully saturated rings. The standard InChI is InChI=1S/C10H11NS.2C2H6/c1-6-7(2)11-8(3)10-9(6)4-5-12-10;2*1-2/h4-5H,1-3H3;2*1-2H3. The van der Waals surface area contributed by atoms with Gasteiger partial charge in [0, 0.05) is 5.69 Å². The average Bonchev–Trinajstić information content (AvgIpc) is 2.81. The van der Waals surface area contributed by atoms with Gasteiger partial charge in [-0.3, -0.25) is 4.98 Å². The van der Waals surface area contributed by atoms with Crippen LogP contribution in [0.2, 0.25) is 0 Å². The zero-order chi connectivity index (χ0) is 12.7. The van der Waals surface area contributed by atoms with E-state index < -0.39 is 0 Å². The summed E-state index contributed by atoms with van der Waals surface area (Å²) in [5, 5.41) is 3.50. The second-order valence-electron chi connectivity index (χ2n) is 3.07. The van der Waals surface area contributed by atoms with E-state index in [1.807, 2.05) is 27.7 Å². The molecule has 2 aromatic heterocycles. The van der Waals surface area contributed by atoms with Crippen molar-refractivity contribution in [2.75, 3.05) is 0 Å². The van der Waals surface area contributed by atoms with Crippen molar-refractivity contribution in [2.45, 2.75) is 48.5 Å². The van der Waals surface area contributed by atoms with Crippen LogP contribution in [0.4, 0.5) is 0 Å². The monoisotopic (exact) mass is 237 g/mol. The largest absolute Gasteiger partial charge is 0.257 e. The molecule has 2 heteroatoms. The van der Waals surface area contributed by atoms with Gasteiger partial charge in [-0.15, -0.1) is 11.3 Å². The molecule has 0 radical (unpaired) electrons. The third kappa shape index (κ3) is 3.05. The van der Waals surface area contributed by atoms with Crippen LogP contribution < -0.4 is 0 Å². The lowest BCUT2D eigenvalue weighted by atomic mass is 10.1. The van der Waals surface area contributed by atoms with E-state index in [0.29, 0.717) is 0 Å². The Bertz CT molecular complexity index is 429. The smallest absolute Gasteiger partial charge is 0.0558 e. The second-order valence-corrected chi connectivity index (χ2v) is 3.99. The molecule has 0 aliphatic rings. The van der Waals surface area contributed by atoms with E-state index in [4.69, 9.17) is 0 Å². The molecule has 90 valence electrons. The summed E-state index contributed by atoms with van der Waals surface area (Å²) in [6.07, 6.45) is 0. The van der Waals surface area contributed by atoms with Gasteiger partial charge in [0.2, 0.25) is 0 Å². The van der Waals surface area contributed by atoms with Gasteiger partial charge in [0.25, 0.3) is 0 Å². The molecule has 2 heterocycles. The number of thiophene rings is 1. The maximum absolute atomic E-state index is 4.48. The van der Waals surface area contributed by atoms with Crippen LogP contribution in [-0.4, -0.2) is 4.98 Å². The Balaban J connectivity index is 0.000000509. The van der Waals surface area contributed by atoms with Gasteiger partial charge >= 0.3 is 0 Å². The minimum Gasteiger partial charge on any atom is -0.257 e. The lowest BCUT2D eigenvalue weighted by molar-refractivity contribution is 1.12. The van der Waals surface area contributed by atoms with E-state index in [0.717, 1.165) is 11.4 Å². The molecule has 0 aliphatic heterocycles. The number of fused-ring (bicyclic) bond motifs is 1. The van der Waals surface area contributed by atoms with Crippen LogP contribution in [0.15, 0.2) is 11.4 Å². The number of aromatic nitrogens is 1. The van der Waals surface area contributed by atoms with Crippen LogP contribution in [0.3, 0.4) is 0 Å². The predicted molar refractivity (Wildman–Crippen MR) is 76.5 cm³/mol. The molecule has 16 heavy (non-hydrogen) atoms. The van der Waals surface area contributed by atoms with Gasteiger partial charge < -0.3 is 0 Å². The summed E-state index contributed by atoms with van der Waals surface area (Å²) >= 11 is 1.77. The van der Waals surface area contributed by atoms with Crippen molar-refractivity contribution in [3.63, 3.8) is 0 Å². The van der Waals surface area contributed by atoms with Gasteiger partial charge in [0.15, 0.2) is 0 Å². The summed E-state index contributed by atoms with van der Waals surface area (Å²) in [5.74, 6) is 0. The number of nitrogens with zero attached hydrogens (tertiary/aromatic N) is 1. The highest BCUT2D eigenvalue weighted by Crippen LogP contribution is 2.27. The molecular formula is C14H23NS. The summed E-state index contributed by atoms with van der Waals surface area (Å²) in [5.41, 5.74) is 3.62. The van der Waals surface area contributed by atoms with E-state index in [9.17, 15) is 0 Å². The van der Waals surface area contributed by atoms with Crippen LogP contribution in [0, 0.1) is 20.8 Å². The van der Waals surface area contributed by atoms with Crippen LogP contribution >= 0.6 is 11.3 Å². The second kappa shape index (κ2) is 7.39. The van der Waals surface area contributed by atoms with Crippen molar-refractivity contribution in [1.82, 2.24) is 4.98 Å². The Morgan fingerprint density at radius 1 is 0.938 bits per heavy atom. The van der Waals surface area contributed by atoms with Gasteiger partial charge in [-0.1, -0.05) is 27.7 Å². The molecule has 0 unspecified atom stereocenters. The molecule has 0 atom stereocenters. The number of hydrogen-bond acceptors (Lipinski definition) is 2. The number of hydrogen-bond donors (Lipinski definition) is 0. The van der Waals surface area contributed by atoms with Crippen LogP contribution in [0.5, 0.6) is 0 Å². The highest BCUT2D eigenvalue weighted by atomic mass is 32.1. The normalized spacial score (nSPS) is 8.94. The zero-order valence-corrected chi connectivity index (χ0v) is 12.3. The van der Waals surface area contributed by atoms with Crippen LogP contribution in [0.1, 0.15) is 44.6 Å². The highest BCUT2D eigenvalue weighted by molar-refractivity contribution is 7.17. The fraction of sp³-hybridized carbons (Fsp3) is 0.500. The fourth-order valence-corrected chi connectivity index (χ4v) is 2.37. The summed E-state index contributed by atoms with van der Waals surface area (Å²) < 4.78 is 1.33. The van der Waals surface area contributed by atoms with Gasteiger partial charge in [0.05, 0.1) is 10.4 Å². The highest BCUT2D eigenvalue weighted by Gasteiger charge is 2.05. The molecule has 0 aromatic carbocycles. The van der Waals surface area contributed by atoms with E-state index >= 15 is 0 Å². The van der Waals surface area contributed by atoms with Crippen molar-refractivity contribution >= 4 is 21.4 Å². The van der Waals surface area contributed by atoms with Crippen molar-refractivity contribution in [3.8, 4) is 0 Å². The first-order valence-electron chi connectivity index (χ1n) is 6.01. The van der Waals surface area contributed by atoms with Crippen molar-refractivity contribution in [2.24, 2.45) is 0 Å². The molecular weight excluding hydrogens is 214 g/mol. The maximum Gasteiger partial charge on any atom is 0.0558 e. The molecule has 1 nitrogen and oxygen atoms in total. The van der Waals surface area contributed by atoms with Crippen molar-refractivity contribution < 1.29 is 0 Å². The Hall–Kier alpha value is -0.890. The Labute approximate surface area is 104 Å². The number of aryl methyl sites for hydroxylation is 3. The van der Waals surface area contributed by atoms with Crippen LogP contribution in [-0.2, 0) is 0 Å². The molecule has 0 amide bonds. The van der Waals surface area contributed by atoms with E-state index in [-0.39, 0.29) is 0 Å². The van der Waals surface area contributed by atoms with E-state index in [2.05, 4.69) is 37.2 Å². The summed E-state index contributed by atoms with van der Waals surface area (Å²) in [6.45, 7) is 14.3. The average molecular weight is 237 g/mol. The molecule has 0 N–H and O–H groups in total. The van der Waals surface area contributed by atoms with Gasteiger partial charge in [-0.2, -0.15) is 0 Å². The Morgan fingerprint density at radius 2 is 1.50 bits per heavy atom. The first kappa shape index (κ1) is 15.1. The minimum absolute atomic E-state index is 1.15. The molecule has 0 saturated heterocycles. The van der Waals surface area contributed by atoms with Crippen LogP contribution in [0.25, 0.3) is 10.1 Å². The van der Waals surface area contributed by atoms with Crippen molar-refractivity contribution in [3.05, 3.63) is 28.4 Å². The first-order valence-corrected chi connectivity index (χ1v) is 6.89. The summed E-state index contributed by atoms with van der Waals surface area (Å²) in [4.78, 5) is 4.48. The summed E-state index contributed by atoms with van der Waals surface area (Å²) in [6, 6.07) is 2.18. The number of rotatable bonds is 0. The Morgan fingerprint density at radius 3 is 2.06 bits per heavy atom. The minimum atomic E-state index is 1.15. The lowest BCUT2D eigenvalue weighted by Crippen LogP contribution is -1.89. The number of pyridine rings is 1. The van der Waals surface area contributed by atoms with Gasteiger partial charge in [-0.05, 0) is 43.2 Å². The first-order chi connectivity index (χ1) is 7.70.